The van der Waals surface area contributed by atoms with Crippen molar-refractivity contribution in [2.24, 2.45) is 5.92 Å². The van der Waals surface area contributed by atoms with Gasteiger partial charge < -0.3 is 10.1 Å². The highest BCUT2D eigenvalue weighted by Gasteiger charge is 2.19. The molecule has 1 atom stereocenters. The number of aryl methyl sites for hydroxylation is 1. The zero-order valence-electron chi connectivity index (χ0n) is 13.9. The molecule has 0 saturated carbocycles. The van der Waals surface area contributed by atoms with Crippen LogP contribution in [0.1, 0.15) is 38.1 Å². The van der Waals surface area contributed by atoms with E-state index < -0.39 is 0 Å². The molecule has 0 amide bonds. The molecule has 1 aliphatic rings. The second-order valence-corrected chi connectivity index (χ2v) is 6.38. The fourth-order valence-electron chi connectivity index (χ4n) is 2.98. The molecule has 1 unspecified atom stereocenters. The summed E-state index contributed by atoms with van der Waals surface area (Å²) in [5, 5.41) is 3.51. The molecule has 0 aromatic carbocycles. The predicted octanol–water partition coefficient (Wildman–Crippen LogP) is 2.61. The Balaban J connectivity index is 2.03. The van der Waals surface area contributed by atoms with Crippen LogP contribution in [0.5, 0.6) is 5.75 Å². The van der Waals surface area contributed by atoms with Crippen LogP contribution in [-0.2, 0) is 6.54 Å². The van der Waals surface area contributed by atoms with E-state index in [4.69, 9.17) is 4.74 Å². The first-order valence-electron chi connectivity index (χ1n) is 8.05. The molecule has 4 nitrogen and oxygen atoms in total. The lowest BCUT2D eigenvalue weighted by atomic mass is 9.98. The molecule has 21 heavy (non-hydrogen) atoms. The SMILES string of the molecule is COc1cc(C)nc(CN(CC2CCCNC2)C(C)C)c1. The van der Waals surface area contributed by atoms with E-state index in [1.165, 1.54) is 19.4 Å². The molecular formula is C17H29N3O. The number of aromatic nitrogens is 1. The third kappa shape index (κ3) is 4.97. The van der Waals surface area contributed by atoms with Gasteiger partial charge in [0.1, 0.15) is 5.75 Å². The Hall–Kier alpha value is -1.13. The number of ether oxygens (including phenoxy) is 1. The van der Waals surface area contributed by atoms with Gasteiger partial charge in [-0.05, 0) is 52.6 Å². The molecule has 0 spiro atoms. The third-order valence-electron chi connectivity index (χ3n) is 4.20. The normalized spacial score (nSPS) is 19.2. The lowest BCUT2D eigenvalue weighted by Gasteiger charge is -2.32. The summed E-state index contributed by atoms with van der Waals surface area (Å²) in [5.41, 5.74) is 2.12. The fourth-order valence-corrected chi connectivity index (χ4v) is 2.98. The largest absolute Gasteiger partial charge is 0.497 e. The molecule has 1 aliphatic heterocycles. The van der Waals surface area contributed by atoms with E-state index in [0.29, 0.717) is 6.04 Å². The summed E-state index contributed by atoms with van der Waals surface area (Å²) in [7, 11) is 1.71. The Morgan fingerprint density at radius 1 is 1.43 bits per heavy atom. The molecular weight excluding hydrogens is 262 g/mol. The van der Waals surface area contributed by atoms with Crippen molar-refractivity contribution in [2.45, 2.75) is 46.2 Å². The van der Waals surface area contributed by atoms with Crippen molar-refractivity contribution in [2.75, 3.05) is 26.7 Å². The summed E-state index contributed by atoms with van der Waals surface area (Å²) in [5.74, 6) is 1.66. The van der Waals surface area contributed by atoms with Gasteiger partial charge in [-0.25, -0.2) is 0 Å². The Labute approximate surface area is 128 Å². The molecule has 2 rings (SSSR count). The molecule has 1 fully saturated rings. The number of methoxy groups -OCH3 is 1. The molecule has 0 aliphatic carbocycles. The first-order chi connectivity index (χ1) is 10.1. The highest BCUT2D eigenvalue weighted by atomic mass is 16.5. The minimum absolute atomic E-state index is 0.528. The highest BCUT2D eigenvalue weighted by molar-refractivity contribution is 5.26. The van der Waals surface area contributed by atoms with Crippen molar-refractivity contribution in [3.63, 3.8) is 0 Å². The fraction of sp³-hybridized carbons (Fsp3) is 0.706. The van der Waals surface area contributed by atoms with E-state index in [1.54, 1.807) is 7.11 Å². The van der Waals surface area contributed by atoms with E-state index in [-0.39, 0.29) is 0 Å². The van der Waals surface area contributed by atoms with Gasteiger partial charge in [-0.2, -0.15) is 0 Å². The van der Waals surface area contributed by atoms with Crippen LogP contribution in [0.25, 0.3) is 0 Å². The van der Waals surface area contributed by atoms with Gasteiger partial charge in [0.15, 0.2) is 0 Å². The van der Waals surface area contributed by atoms with Crippen LogP contribution in [0, 0.1) is 12.8 Å². The third-order valence-corrected chi connectivity index (χ3v) is 4.20. The van der Waals surface area contributed by atoms with Crippen LogP contribution in [0.4, 0.5) is 0 Å². The molecule has 4 heteroatoms. The molecule has 2 heterocycles. The van der Waals surface area contributed by atoms with Crippen molar-refractivity contribution < 1.29 is 4.74 Å². The van der Waals surface area contributed by atoms with E-state index in [2.05, 4.69) is 35.1 Å². The van der Waals surface area contributed by atoms with Crippen molar-refractivity contribution >= 4 is 0 Å². The Morgan fingerprint density at radius 2 is 2.24 bits per heavy atom. The van der Waals surface area contributed by atoms with Gasteiger partial charge in [-0.3, -0.25) is 9.88 Å². The number of hydrogen-bond donors (Lipinski definition) is 1. The number of pyridine rings is 1. The number of hydrogen-bond acceptors (Lipinski definition) is 4. The molecule has 0 bridgehead atoms. The van der Waals surface area contributed by atoms with Gasteiger partial charge in [-0.1, -0.05) is 0 Å². The van der Waals surface area contributed by atoms with Crippen molar-refractivity contribution in [1.29, 1.82) is 0 Å². The average molecular weight is 291 g/mol. The number of rotatable bonds is 6. The molecule has 1 saturated heterocycles. The van der Waals surface area contributed by atoms with Gasteiger partial charge in [0.05, 0.1) is 12.8 Å². The van der Waals surface area contributed by atoms with Crippen LogP contribution in [0.15, 0.2) is 12.1 Å². The lowest BCUT2D eigenvalue weighted by molar-refractivity contribution is 0.162. The van der Waals surface area contributed by atoms with E-state index in [1.807, 2.05) is 13.0 Å². The summed E-state index contributed by atoms with van der Waals surface area (Å²) < 4.78 is 5.36. The van der Waals surface area contributed by atoms with E-state index in [9.17, 15) is 0 Å². The summed E-state index contributed by atoms with van der Waals surface area (Å²) >= 11 is 0. The molecule has 1 aromatic rings. The second-order valence-electron chi connectivity index (χ2n) is 6.38. The zero-order valence-corrected chi connectivity index (χ0v) is 13.9. The first-order valence-corrected chi connectivity index (χ1v) is 8.05. The summed E-state index contributed by atoms with van der Waals surface area (Å²) in [4.78, 5) is 7.19. The topological polar surface area (TPSA) is 37.4 Å². The maximum Gasteiger partial charge on any atom is 0.122 e. The van der Waals surface area contributed by atoms with Crippen LogP contribution in [0.2, 0.25) is 0 Å². The van der Waals surface area contributed by atoms with Crippen molar-refractivity contribution in [3.8, 4) is 5.75 Å². The molecule has 0 radical (unpaired) electrons. The Morgan fingerprint density at radius 3 is 2.86 bits per heavy atom. The van der Waals surface area contributed by atoms with Crippen LogP contribution in [0.3, 0.4) is 0 Å². The maximum absolute atomic E-state index is 5.36. The van der Waals surface area contributed by atoms with Crippen LogP contribution < -0.4 is 10.1 Å². The standard InChI is InChI=1S/C17H29N3O/c1-13(2)20(11-15-6-5-7-18-10-15)12-16-9-17(21-4)8-14(3)19-16/h8-9,13,15,18H,5-7,10-12H2,1-4H3. The van der Waals surface area contributed by atoms with E-state index in [0.717, 1.165) is 42.7 Å². The highest BCUT2D eigenvalue weighted by Crippen LogP contribution is 2.18. The Kier molecular flexibility index (Phi) is 6.00. The van der Waals surface area contributed by atoms with Crippen LogP contribution >= 0.6 is 0 Å². The molecule has 1 N–H and O–H groups in total. The maximum atomic E-state index is 5.36. The van der Waals surface area contributed by atoms with Gasteiger partial charge in [0.25, 0.3) is 0 Å². The van der Waals surface area contributed by atoms with Gasteiger partial charge in [0, 0.05) is 37.0 Å². The number of piperidine rings is 1. The number of nitrogens with one attached hydrogen (secondary N) is 1. The van der Waals surface area contributed by atoms with Gasteiger partial charge in [-0.15, -0.1) is 0 Å². The second kappa shape index (κ2) is 7.76. The minimum atomic E-state index is 0.528. The van der Waals surface area contributed by atoms with Gasteiger partial charge in [0.2, 0.25) is 0 Å². The lowest BCUT2D eigenvalue weighted by Crippen LogP contribution is -2.40. The van der Waals surface area contributed by atoms with Crippen molar-refractivity contribution in [1.82, 2.24) is 15.2 Å². The van der Waals surface area contributed by atoms with Crippen molar-refractivity contribution in [3.05, 3.63) is 23.5 Å². The summed E-state index contributed by atoms with van der Waals surface area (Å²) in [6.07, 6.45) is 2.63. The van der Waals surface area contributed by atoms with Crippen LogP contribution in [-0.4, -0.2) is 42.7 Å². The summed E-state index contributed by atoms with van der Waals surface area (Å²) in [6, 6.07) is 4.57. The molecule has 118 valence electrons. The first kappa shape index (κ1) is 16.2. The minimum Gasteiger partial charge on any atom is -0.497 e. The quantitative estimate of drug-likeness (QED) is 0.874. The van der Waals surface area contributed by atoms with Gasteiger partial charge >= 0.3 is 0 Å². The average Bonchev–Trinajstić information content (AvgIpc) is 2.47. The Bertz CT molecular complexity index is 442. The monoisotopic (exact) mass is 291 g/mol. The van der Waals surface area contributed by atoms with E-state index >= 15 is 0 Å². The predicted molar refractivity (Wildman–Crippen MR) is 86.7 cm³/mol. The summed E-state index contributed by atoms with van der Waals surface area (Å²) in [6.45, 7) is 10.9. The number of nitrogens with zero attached hydrogens (tertiary/aromatic N) is 2. The smallest absolute Gasteiger partial charge is 0.122 e. The zero-order chi connectivity index (χ0) is 15.2. The molecule has 1 aromatic heterocycles.